The average Bonchev–Trinajstić information content (AvgIpc) is 3.62. The predicted molar refractivity (Wildman–Crippen MR) is 173 cm³/mol. The molecule has 9 rings (SSSR count). The summed E-state index contributed by atoms with van der Waals surface area (Å²) in [6.07, 6.45) is 1.86. The first-order chi connectivity index (χ1) is 20.8. The van der Waals surface area contributed by atoms with Crippen LogP contribution in [0, 0.1) is 0 Å². The molecule has 5 aromatic carbocycles. The summed E-state index contributed by atoms with van der Waals surface area (Å²) in [4.78, 5) is 19.8. The number of para-hydroxylation sites is 1. The van der Waals surface area contributed by atoms with Gasteiger partial charge in [-0.25, -0.2) is 4.98 Å². The molecule has 0 aliphatic heterocycles. The molecule has 9 aromatic rings. The number of pyridine rings is 1. The van der Waals surface area contributed by atoms with Crippen molar-refractivity contribution in [2.24, 2.45) is 0 Å². The summed E-state index contributed by atoms with van der Waals surface area (Å²) in [5.74, 6) is 1.89. The van der Waals surface area contributed by atoms with E-state index in [9.17, 15) is 0 Å². The lowest BCUT2D eigenvalue weighted by molar-refractivity contribution is 0.955. The van der Waals surface area contributed by atoms with Gasteiger partial charge in [0.15, 0.2) is 11.6 Å². The Labute approximate surface area is 244 Å². The van der Waals surface area contributed by atoms with Crippen molar-refractivity contribution in [3.63, 3.8) is 0 Å². The second-order valence-electron chi connectivity index (χ2n) is 10.3. The van der Waals surface area contributed by atoms with Crippen LogP contribution in [0.4, 0.5) is 0 Å². The van der Waals surface area contributed by atoms with Gasteiger partial charge in [0, 0.05) is 49.0 Å². The van der Waals surface area contributed by atoms with Crippen molar-refractivity contribution in [1.82, 2.24) is 24.5 Å². The summed E-state index contributed by atoms with van der Waals surface area (Å²) in [6, 6.07) is 41.8. The molecule has 0 saturated heterocycles. The maximum Gasteiger partial charge on any atom is 0.238 e. The Morgan fingerprint density at radius 2 is 1.19 bits per heavy atom. The maximum absolute atomic E-state index is 5.12. The molecule has 0 N–H and O–H groups in total. The molecule has 0 aliphatic rings. The van der Waals surface area contributed by atoms with Crippen LogP contribution in [0.1, 0.15) is 0 Å². The van der Waals surface area contributed by atoms with Crippen LogP contribution in [-0.4, -0.2) is 24.5 Å². The van der Waals surface area contributed by atoms with Crippen molar-refractivity contribution in [3.05, 3.63) is 128 Å². The summed E-state index contributed by atoms with van der Waals surface area (Å²) in [5, 5.41) is 5.97. The molecule has 4 aromatic heterocycles. The zero-order valence-corrected chi connectivity index (χ0v) is 23.1. The fourth-order valence-corrected chi connectivity index (χ4v) is 7.29. The topological polar surface area (TPSA) is 56.5 Å². The van der Waals surface area contributed by atoms with E-state index in [1.807, 2.05) is 84.3 Å². The van der Waals surface area contributed by atoms with Crippen molar-refractivity contribution in [2.45, 2.75) is 0 Å². The van der Waals surface area contributed by atoms with Crippen LogP contribution in [0.2, 0.25) is 0 Å². The number of hydrogen-bond donors (Lipinski definition) is 0. The SMILES string of the molecule is c1ccc(-c2nc(-c3ccccc3)nc(-n3c4ccccc4c4ccc5c(sc6ccc7ncccc7c65)c43)n2)cc1. The second-order valence-corrected chi connectivity index (χ2v) is 11.4. The van der Waals surface area contributed by atoms with Gasteiger partial charge < -0.3 is 0 Å². The van der Waals surface area contributed by atoms with E-state index in [2.05, 4.69) is 64.1 Å². The predicted octanol–water partition coefficient (Wildman–Crippen LogP) is 9.22. The van der Waals surface area contributed by atoms with Crippen LogP contribution in [0.5, 0.6) is 0 Å². The summed E-state index contributed by atoms with van der Waals surface area (Å²) in [6.45, 7) is 0. The second kappa shape index (κ2) is 9.03. The van der Waals surface area contributed by atoms with E-state index in [-0.39, 0.29) is 0 Å². The van der Waals surface area contributed by atoms with Gasteiger partial charge in [-0.3, -0.25) is 9.55 Å². The summed E-state index contributed by atoms with van der Waals surface area (Å²) in [5.41, 5.74) is 5.07. The van der Waals surface area contributed by atoms with E-state index in [1.54, 1.807) is 0 Å². The highest BCUT2D eigenvalue weighted by molar-refractivity contribution is 7.26. The quantitative estimate of drug-likeness (QED) is 0.218. The zero-order valence-electron chi connectivity index (χ0n) is 22.3. The lowest BCUT2D eigenvalue weighted by Crippen LogP contribution is -2.06. The number of nitrogens with zero attached hydrogens (tertiary/aromatic N) is 5. The van der Waals surface area contributed by atoms with Crippen LogP contribution >= 0.6 is 11.3 Å². The highest BCUT2D eigenvalue weighted by Crippen LogP contribution is 2.44. The molecule has 0 bridgehead atoms. The van der Waals surface area contributed by atoms with Crippen LogP contribution in [0.25, 0.3) is 81.6 Å². The molecule has 0 aliphatic carbocycles. The Hall–Kier alpha value is -5.46. The van der Waals surface area contributed by atoms with Crippen molar-refractivity contribution in [3.8, 4) is 28.7 Å². The fraction of sp³-hybridized carbons (Fsp3) is 0. The van der Waals surface area contributed by atoms with Gasteiger partial charge in [-0.15, -0.1) is 11.3 Å². The van der Waals surface area contributed by atoms with E-state index in [1.165, 1.54) is 36.3 Å². The first kappa shape index (κ1) is 23.3. The molecule has 0 fully saturated rings. The van der Waals surface area contributed by atoms with Crippen LogP contribution < -0.4 is 0 Å². The number of benzene rings is 5. The van der Waals surface area contributed by atoms with Gasteiger partial charge >= 0.3 is 0 Å². The number of rotatable bonds is 3. The zero-order chi connectivity index (χ0) is 27.6. The molecule has 0 unspecified atom stereocenters. The third kappa shape index (κ3) is 3.42. The minimum atomic E-state index is 0.602. The number of thiophene rings is 1. The Morgan fingerprint density at radius 3 is 1.95 bits per heavy atom. The van der Waals surface area contributed by atoms with E-state index in [4.69, 9.17) is 15.0 Å². The monoisotopic (exact) mass is 555 g/mol. The summed E-state index contributed by atoms with van der Waals surface area (Å²) in [7, 11) is 0. The Bertz CT molecular complexity index is 2400. The van der Waals surface area contributed by atoms with E-state index >= 15 is 0 Å². The van der Waals surface area contributed by atoms with Gasteiger partial charge in [0.1, 0.15) is 0 Å². The third-order valence-corrected chi connectivity index (χ3v) is 9.08. The van der Waals surface area contributed by atoms with Crippen LogP contribution in [0.15, 0.2) is 128 Å². The van der Waals surface area contributed by atoms with Gasteiger partial charge in [-0.1, -0.05) is 97.1 Å². The molecule has 0 spiro atoms. The Morgan fingerprint density at radius 1 is 0.524 bits per heavy atom. The highest BCUT2D eigenvalue weighted by Gasteiger charge is 2.21. The van der Waals surface area contributed by atoms with Gasteiger partial charge in [0.25, 0.3) is 0 Å². The van der Waals surface area contributed by atoms with Crippen molar-refractivity contribution in [1.29, 1.82) is 0 Å². The highest BCUT2D eigenvalue weighted by atomic mass is 32.1. The molecule has 0 atom stereocenters. The lowest BCUT2D eigenvalue weighted by atomic mass is 10.1. The molecular formula is C36H21N5S. The van der Waals surface area contributed by atoms with E-state index in [0.717, 1.165) is 27.7 Å². The Balaban J connectivity index is 1.44. The van der Waals surface area contributed by atoms with Crippen molar-refractivity contribution in [2.75, 3.05) is 0 Å². The molecule has 4 heterocycles. The number of fused-ring (bicyclic) bond motifs is 9. The third-order valence-electron chi connectivity index (χ3n) is 7.91. The van der Waals surface area contributed by atoms with Gasteiger partial charge in [0.05, 0.1) is 21.3 Å². The first-order valence-electron chi connectivity index (χ1n) is 13.8. The fourth-order valence-electron chi connectivity index (χ4n) is 6.04. The molecule has 0 saturated carbocycles. The van der Waals surface area contributed by atoms with Gasteiger partial charge in [-0.05, 0) is 24.3 Å². The van der Waals surface area contributed by atoms with Gasteiger partial charge in [-0.2, -0.15) is 9.97 Å². The van der Waals surface area contributed by atoms with Crippen LogP contribution in [0.3, 0.4) is 0 Å². The van der Waals surface area contributed by atoms with Crippen molar-refractivity contribution >= 4 is 64.2 Å². The molecule has 6 heteroatoms. The van der Waals surface area contributed by atoms with Crippen molar-refractivity contribution < 1.29 is 0 Å². The average molecular weight is 556 g/mol. The molecule has 196 valence electrons. The van der Waals surface area contributed by atoms with E-state index < -0.39 is 0 Å². The van der Waals surface area contributed by atoms with Crippen LogP contribution in [-0.2, 0) is 0 Å². The van der Waals surface area contributed by atoms with E-state index in [0.29, 0.717) is 17.6 Å². The minimum absolute atomic E-state index is 0.602. The molecule has 0 radical (unpaired) electrons. The lowest BCUT2D eigenvalue weighted by Gasteiger charge is -2.11. The Kier molecular flexibility index (Phi) is 5.00. The largest absolute Gasteiger partial charge is 0.276 e. The van der Waals surface area contributed by atoms with Gasteiger partial charge in [0.2, 0.25) is 5.95 Å². The number of aromatic nitrogens is 5. The summed E-state index contributed by atoms with van der Waals surface area (Å²) < 4.78 is 4.67. The summed E-state index contributed by atoms with van der Waals surface area (Å²) >= 11 is 1.81. The minimum Gasteiger partial charge on any atom is -0.276 e. The first-order valence-corrected chi connectivity index (χ1v) is 14.6. The number of hydrogen-bond acceptors (Lipinski definition) is 5. The maximum atomic E-state index is 5.12. The molecule has 42 heavy (non-hydrogen) atoms. The molecule has 0 amide bonds. The smallest absolute Gasteiger partial charge is 0.238 e. The molecule has 5 nitrogen and oxygen atoms in total. The normalized spacial score (nSPS) is 11.8. The molecular weight excluding hydrogens is 534 g/mol. The standard InChI is InChI=1S/C36H21N5S/c1-3-10-22(11-4-1)34-38-35(23-12-5-2-6-13-23)40-36(39-34)41-29-16-8-7-14-24(29)25-17-18-27-31-26-15-9-21-37-28(26)19-20-30(31)42-33(27)32(25)41/h1-21H.